The number of carbonyl (C=O) groups is 1. The molecule has 1 aromatic heterocycles. The van der Waals surface area contributed by atoms with Gasteiger partial charge in [0, 0.05) is 21.6 Å². The van der Waals surface area contributed by atoms with Crippen LogP contribution in [0.4, 0.5) is 10.5 Å². The van der Waals surface area contributed by atoms with E-state index in [2.05, 4.69) is 42.8 Å². The number of aryl methyl sites for hydroxylation is 1. The van der Waals surface area contributed by atoms with E-state index in [0.717, 1.165) is 32.2 Å². The molecule has 0 aliphatic carbocycles. The number of amides is 2. The minimum absolute atomic E-state index is 0.320. The lowest BCUT2D eigenvalue weighted by Crippen LogP contribution is -2.32. The summed E-state index contributed by atoms with van der Waals surface area (Å²) in [5, 5.41) is 15.5. The zero-order chi connectivity index (χ0) is 24.8. The lowest BCUT2D eigenvalue weighted by molar-refractivity contribution is 0.249. The van der Waals surface area contributed by atoms with Crippen LogP contribution in [-0.2, 0) is 5.75 Å². The van der Waals surface area contributed by atoms with Gasteiger partial charge in [0.25, 0.3) is 0 Å². The topological polar surface area (TPSA) is 81.1 Å². The molecule has 0 bridgehead atoms. The Bertz CT molecular complexity index is 1310. The number of methoxy groups -OCH3 is 1. The van der Waals surface area contributed by atoms with Crippen LogP contribution in [0.1, 0.15) is 29.9 Å². The highest BCUT2D eigenvalue weighted by Crippen LogP contribution is 2.28. The molecule has 0 spiro atoms. The number of hydrogen-bond acceptors (Lipinski definition) is 5. The summed E-state index contributed by atoms with van der Waals surface area (Å²) in [6.45, 7) is 3.94. The Morgan fingerprint density at radius 2 is 1.86 bits per heavy atom. The highest BCUT2D eigenvalue weighted by Gasteiger charge is 2.21. The third kappa shape index (κ3) is 6.43. The molecule has 2 N–H and O–H groups in total. The Morgan fingerprint density at radius 3 is 2.60 bits per heavy atom. The lowest BCUT2D eigenvalue weighted by Gasteiger charge is -2.17. The predicted molar refractivity (Wildman–Crippen MR) is 143 cm³/mol. The molecular formula is C26H26BrN5O2S. The van der Waals surface area contributed by atoms with Crippen LogP contribution in [-0.4, -0.2) is 27.9 Å². The summed E-state index contributed by atoms with van der Waals surface area (Å²) in [7, 11) is 1.66. The van der Waals surface area contributed by atoms with Crippen molar-refractivity contribution in [3.8, 4) is 11.4 Å². The van der Waals surface area contributed by atoms with E-state index in [9.17, 15) is 4.79 Å². The minimum atomic E-state index is -0.387. The van der Waals surface area contributed by atoms with Crippen molar-refractivity contribution in [2.45, 2.75) is 30.8 Å². The molecule has 4 rings (SSSR count). The van der Waals surface area contributed by atoms with Crippen molar-refractivity contribution in [3.63, 3.8) is 0 Å². The van der Waals surface area contributed by atoms with E-state index < -0.39 is 0 Å². The van der Waals surface area contributed by atoms with Crippen LogP contribution in [0, 0.1) is 6.92 Å². The molecule has 1 unspecified atom stereocenters. The summed E-state index contributed by atoms with van der Waals surface area (Å²) in [6, 6.07) is 22.9. The first-order valence-corrected chi connectivity index (χ1v) is 12.8. The summed E-state index contributed by atoms with van der Waals surface area (Å²) in [5.41, 5.74) is 3.91. The van der Waals surface area contributed by atoms with E-state index in [-0.39, 0.29) is 12.1 Å². The normalized spacial score (nSPS) is 11.7. The van der Waals surface area contributed by atoms with Gasteiger partial charge >= 0.3 is 6.03 Å². The lowest BCUT2D eigenvalue weighted by atomic mass is 10.2. The Hall–Kier alpha value is -3.30. The molecule has 2 amide bonds. The van der Waals surface area contributed by atoms with Crippen LogP contribution in [0.15, 0.2) is 82.4 Å². The molecule has 0 saturated heterocycles. The van der Waals surface area contributed by atoms with E-state index in [0.29, 0.717) is 17.3 Å². The van der Waals surface area contributed by atoms with Crippen molar-refractivity contribution < 1.29 is 9.53 Å². The second kappa shape index (κ2) is 11.4. The number of anilines is 1. The van der Waals surface area contributed by atoms with Gasteiger partial charge in [-0.15, -0.1) is 10.2 Å². The molecule has 180 valence electrons. The Kier molecular flexibility index (Phi) is 8.09. The zero-order valence-corrected chi connectivity index (χ0v) is 22.1. The fourth-order valence-electron chi connectivity index (χ4n) is 3.50. The van der Waals surface area contributed by atoms with Gasteiger partial charge in [-0.1, -0.05) is 63.6 Å². The molecule has 0 radical (unpaired) electrons. The molecule has 0 fully saturated rings. The summed E-state index contributed by atoms with van der Waals surface area (Å²) in [5.74, 6) is 2.16. The van der Waals surface area contributed by atoms with Crippen molar-refractivity contribution >= 4 is 39.4 Å². The minimum Gasteiger partial charge on any atom is -0.497 e. The molecule has 3 aromatic carbocycles. The van der Waals surface area contributed by atoms with Crippen molar-refractivity contribution in [3.05, 3.63) is 94.2 Å². The van der Waals surface area contributed by atoms with E-state index >= 15 is 0 Å². The first-order valence-electron chi connectivity index (χ1n) is 11.0. The number of thioether (sulfide) groups is 1. The molecule has 7 nitrogen and oxygen atoms in total. The number of ether oxygens (including phenoxy) is 1. The van der Waals surface area contributed by atoms with Crippen LogP contribution in [0.5, 0.6) is 5.75 Å². The predicted octanol–water partition coefficient (Wildman–Crippen LogP) is 6.52. The van der Waals surface area contributed by atoms with Gasteiger partial charge in [-0.3, -0.25) is 4.57 Å². The van der Waals surface area contributed by atoms with Gasteiger partial charge in [-0.05, 0) is 61.9 Å². The van der Waals surface area contributed by atoms with Gasteiger partial charge in [-0.2, -0.15) is 0 Å². The average Bonchev–Trinajstić information content (AvgIpc) is 3.27. The molecule has 0 saturated carbocycles. The standard InChI is InChI=1S/C26H26BrN5O2S/c1-17-10-12-22(13-11-17)32-24(18(2)28-25(33)29-21-8-5-7-20(27)15-21)30-31-26(32)35-16-19-6-4-9-23(14-19)34-3/h4-15,18H,16H2,1-3H3,(H2,28,29,33). The number of aromatic nitrogens is 3. The quantitative estimate of drug-likeness (QED) is 0.243. The third-order valence-corrected chi connectivity index (χ3v) is 6.76. The molecule has 4 aromatic rings. The molecular weight excluding hydrogens is 526 g/mol. The molecule has 35 heavy (non-hydrogen) atoms. The molecule has 1 heterocycles. The van der Waals surface area contributed by atoms with Crippen molar-refractivity contribution in [2.75, 3.05) is 12.4 Å². The smallest absolute Gasteiger partial charge is 0.319 e. The van der Waals surface area contributed by atoms with Gasteiger partial charge in [0.05, 0.1) is 13.2 Å². The number of nitrogens with one attached hydrogen (secondary N) is 2. The number of rotatable bonds is 8. The number of carbonyl (C=O) groups excluding carboxylic acids is 1. The largest absolute Gasteiger partial charge is 0.497 e. The van der Waals surface area contributed by atoms with Crippen LogP contribution in [0.2, 0.25) is 0 Å². The summed E-state index contributed by atoms with van der Waals surface area (Å²) >= 11 is 5.00. The Balaban J connectivity index is 1.56. The maximum atomic E-state index is 12.7. The van der Waals surface area contributed by atoms with Gasteiger partial charge in [0.15, 0.2) is 11.0 Å². The number of halogens is 1. The first-order chi connectivity index (χ1) is 16.9. The molecule has 1 atom stereocenters. The Labute approximate surface area is 217 Å². The van der Waals surface area contributed by atoms with Crippen LogP contribution >= 0.6 is 27.7 Å². The fraction of sp³-hybridized carbons (Fsp3) is 0.192. The first kappa shape index (κ1) is 24.8. The van der Waals surface area contributed by atoms with E-state index in [4.69, 9.17) is 4.74 Å². The van der Waals surface area contributed by atoms with Gasteiger partial charge in [0.2, 0.25) is 0 Å². The Morgan fingerprint density at radius 1 is 1.09 bits per heavy atom. The second-order valence-electron chi connectivity index (χ2n) is 7.98. The SMILES string of the molecule is COc1cccc(CSc2nnc(C(C)NC(=O)Nc3cccc(Br)c3)n2-c2ccc(C)cc2)c1. The van der Waals surface area contributed by atoms with Gasteiger partial charge in [-0.25, -0.2) is 4.79 Å². The maximum absolute atomic E-state index is 12.7. The summed E-state index contributed by atoms with van der Waals surface area (Å²) in [4.78, 5) is 12.7. The zero-order valence-electron chi connectivity index (χ0n) is 19.7. The number of hydrogen-bond donors (Lipinski definition) is 2. The van der Waals surface area contributed by atoms with Crippen LogP contribution < -0.4 is 15.4 Å². The highest BCUT2D eigenvalue weighted by molar-refractivity contribution is 9.10. The molecule has 0 aliphatic rings. The highest BCUT2D eigenvalue weighted by atomic mass is 79.9. The number of urea groups is 1. The van der Waals surface area contributed by atoms with Gasteiger partial charge < -0.3 is 15.4 Å². The average molecular weight is 552 g/mol. The fourth-order valence-corrected chi connectivity index (χ4v) is 4.80. The molecule has 9 heteroatoms. The number of nitrogens with zero attached hydrogens (tertiary/aromatic N) is 3. The van der Waals surface area contributed by atoms with Crippen molar-refractivity contribution in [2.24, 2.45) is 0 Å². The van der Waals surface area contributed by atoms with E-state index in [1.807, 2.05) is 85.1 Å². The maximum Gasteiger partial charge on any atom is 0.319 e. The van der Waals surface area contributed by atoms with Crippen LogP contribution in [0.25, 0.3) is 5.69 Å². The van der Waals surface area contributed by atoms with Crippen molar-refractivity contribution in [1.29, 1.82) is 0 Å². The second-order valence-corrected chi connectivity index (χ2v) is 9.84. The van der Waals surface area contributed by atoms with E-state index in [1.54, 1.807) is 18.9 Å². The van der Waals surface area contributed by atoms with Crippen molar-refractivity contribution in [1.82, 2.24) is 20.1 Å². The van der Waals surface area contributed by atoms with Crippen LogP contribution in [0.3, 0.4) is 0 Å². The third-order valence-electron chi connectivity index (χ3n) is 5.27. The monoisotopic (exact) mass is 551 g/mol. The summed E-state index contributed by atoms with van der Waals surface area (Å²) in [6.07, 6.45) is 0. The summed E-state index contributed by atoms with van der Waals surface area (Å²) < 4.78 is 8.22. The van der Waals surface area contributed by atoms with E-state index in [1.165, 1.54) is 0 Å². The molecule has 0 aliphatic heterocycles. The van der Waals surface area contributed by atoms with Gasteiger partial charge in [0.1, 0.15) is 5.75 Å². The number of benzene rings is 3.